The molecule has 3 nitrogen and oxygen atoms in total. The van der Waals surface area contributed by atoms with Gasteiger partial charge in [0.15, 0.2) is 0 Å². The molecule has 2 aromatic carbocycles. The highest BCUT2D eigenvalue weighted by Crippen LogP contribution is 2.27. The van der Waals surface area contributed by atoms with Gasteiger partial charge in [0.05, 0.1) is 10.0 Å². The van der Waals surface area contributed by atoms with E-state index in [1.54, 1.807) is 0 Å². The molecule has 1 N–H and O–H groups in total. The van der Waals surface area contributed by atoms with Crippen LogP contribution in [0.2, 0.25) is 10.0 Å². The number of aryl methyl sites for hydroxylation is 1. The van der Waals surface area contributed by atoms with E-state index in [1.165, 1.54) is 5.56 Å². The summed E-state index contributed by atoms with van der Waals surface area (Å²) in [4.78, 5) is 15.2. The van der Waals surface area contributed by atoms with Gasteiger partial charge >= 0.3 is 0 Å². The maximum atomic E-state index is 12.7. The number of carbonyl (C=O) groups excluding carboxylic acids is 1. The van der Waals surface area contributed by atoms with Crippen molar-refractivity contribution in [2.45, 2.75) is 46.1 Å². The third-order valence-corrected chi connectivity index (χ3v) is 6.84. The second-order valence-corrected chi connectivity index (χ2v) is 9.70. The molecule has 170 valence electrons. The number of hydrogen-bond acceptors (Lipinski definition) is 2. The lowest BCUT2D eigenvalue weighted by Gasteiger charge is -2.35. The van der Waals surface area contributed by atoms with Crippen LogP contribution >= 0.6 is 35.6 Å². The van der Waals surface area contributed by atoms with Gasteiger partial charge in [-0.05, 0) is 80.9 Å². The van der Waals surface area contributed by atoms with Crippen molar-refractivity contribution in [3.05, 3.63) is 69.2 Å². The molecule has 1 atom stereocenters. The van der Waals surface area contributed by atoms with E-state index in [-0.39, 0.29) is 24.4 Å². The van der Waals surface area contributed by atoms with Crippen LogP contribution in [0.5, 0.6) is 0 Å². The number of carbonyl (C=O) groups is 1. The number of hydrogen-bond donors (Lipinski definition) is 1. The Balaban J connectivity index is 0.00000341. The molecular formula is C25H33Cl3N2O. The van der Waals surface area contributed by atoms with Gasteiger partial charge in [0, 0.05) is 18.2 Å². The van der Waals surface area contributed by atoms with E-state index in [1.807, 2.05) is 43.3 Å². The number of halogens is 3. The predicted molar refractivity (Wildman–Crippen MR) is 134 cm³/mol. The summed E-state index contributed by atoms with van der Waals surface area (Å²) < 4.78 is 0. The Kier molecular flexibility index (Phi) is 10.2. The Labute approximate surface area is 202 Å². The number of amides is 1. The molecule has 1 aliphatic heterocycles. The van der Waals surface area contributed by atoms with Gasteiger partial charge in [0.2, 0.25) is 0 Å². The molecule has 0 aliphatic carbocycles. The van der Waals surface area contributed by atoms with Gasteiger partial charge in [0.1, 0.15) is 0 Å². The third-order valence-electron chi connectivity index (χ3n) is 6.11. The third kappa shape index (κ3) is 7.68. The van der Waals surface area contributed by atoms with E-state index < -0.39 is 0 Å². The summed E-state index contributed by atoms with van der Waals surface area (Å²) >= 11 is 12.2. The highest BCUT2D eigenvalue weighted by atomic mass is 35.5. The highest BCUT2D eigenvalue weighted by molar-refractivity contribution is 6.42. The van der Waals surface area contributed by atoms with E-state index >= 15 is 0 Å². The lowest BCUT2D eigenvalue weighted by Crippen LogP contribution is -2.48. The largest absolute Gasteiger partial charge is 0.348 e. The lowest BCUT2D eigenvalue weighted by molar-refractivity contribution is 0.0893. The molecule has 6 heteroatoms. The van der Waals surface area contributed by atoms with Crippen molar-refractivity contribution in [1.29, 1.82) is 0 Å². The first-order valence-electron chi connectivity index (χ1n) is 10.9. The molecule has 0 saturated carbocycles. The minimum absolute atomic E-state index is 0. The molecule has 1 fully saturated rings. The van der Waals surface area contributed by atoms with Gasteiger partial charge in [-0.1, -0.05) is 60.8 Å². The van der Waals surface area contributed by atoms with Crippen molar-refractivity contribution in [3.63, 3.8) is 0 Å². The average molecular weight is 484 g/mol. The summed E-state index contributed by atoms with van der Waals surface area (Å²) in [5.74, 6) is 1.06. The number of nitrogens with one attached hydrogen (secondary N) is 1. The maximum absolute atomic E-state index is 12.7. The molecule has 0 unspecified atom stereocenters. The van der Waals surface area contributed by atoms with Gasteiger partial charge in [0.25, 0.3) is 5.91 Å². The van der Waals surface area contributed by atoms with Crippen molar-refractivity contribution in [3.8, 4) is 0 Å². The van der Waals surface area contributed by atoms with Gasteiger partial charge in [-0.25, -0.2) is 0 Å². The molecule has 1 saturated heterocycles. The summed E-state index contributed by atoms with van der Waals surface area (Å²) in [5.41, 5.74) is 3.15. The topological polar surface area (TPSA) is 32.3 Å². The summed E-state index contributed by atoms with van der Waals surface area (Å²) in [6.07, 6.45) is 3.37. The zero-order chi connectivity index (χ0) is 21.7. The summed E-state index contributed by atoms with van der Waals surface area (Å²) in [6.45, 7) is 9.41. The molecule has 1 aliphatic rings. The van der Waals surface area contributed by atoms with Gasteiger partial charge in [-0.15, -0.1) is 12.4 Å². The first kappa shape index (κ1) is 26.0. The average Bonchev–Trinajstić information content (AvgIpc) is 2.72. The number of rotatable bonds is 7. The van der Waals surface area contributed by atoms with E-state index in [2.05, 4.69) is 30.1 Å². The number of piperidine rings is 1. The lowest BCUT2D eigenvalue weighted by atomic mass is 9.89. The second-order valence-electron chi connectivity index (χ2n) is 8.89. The maximum Gasteiger partial charge on any atom is 0.251 e. The first-order valence-corrected chi connectivity index (χ1v) is 11.6. The van der Waals surface area contributed by atoms with E-state index in [9.17, 15) is 4.79 Å². The van der Waals surface area contributed by atoms with Crippen molar-refractivity contribution in [1.82, 2.24) is 10.2 Å². The fourth-order valence-corrected chi connectivity index (χ4v) is 4.35. The summed E-state index contributed by atoms with van der Waals surface area (Å²) in [6, 6.07) is 13.9. The molecule has 0 radical (unpaired) electrons. The molecule has 2 aromatic rings. The second kappa shape index (κ2) is 12.1. The Morgan fingerprint density at radius 2 is 1.71 bits per heavy atom. The van der Waals surface area contributed by atoms with Crippen LogP contribution in [0.3, 0.4) is 0 Å². The zero-order valence-electron chi connectivity index (χ0n) is 18.5. The smallest absolute Gasteiger partial charge is 0.251 e. The van der Waals surface area contributed by atoms with Crippen molar-refractivity contribution < 1.29 is 4.79 Å². The van der Waals surface area contributed by atoms with Crippen LogP contribution < -0.4 is 5.32 Å². The van der Waals surface area contributed by atoms with E-state index in [0.29, 0.717) is 21.9 Å². The van der Waals surface area contributed by atoms with E-state index in [0.717, 1.165) is 50.0 Å². The number of benzene rings is 2. The van der Waals surface area contributed by atoms with E-state index in [4.69, 9.17) is 23.2 Å². The minimum atomic E-state index is 0. The van der Waals surface area contributed by atoms with Gasteiger partial charge < -0.3 is 10.2 Å². The normalized spacial score (nSPS) is 16.1. The number of likely N-dealkylation sites (tertiary alicyclic amines) is 1. The standard InChI is InChI=1S/C25H32Cl2N2O.ClH/c1-17(2)24(28-25(30)21-7-4-18(3)5-8-21)16-29-12-10-19(11-13-29)14-20-6-9-22(26)23(27)15-20;/h4-9,15,17,19,24H,10-14,16H2,1-3H3,(H,28,30);1H/t24-;/m1./s1. The molecule has 0 bridgehead atoms. The Morgan fingerprint density at radius 3 is 2.29 bits per heavy atom. The fraction of sp³-hybridized carbons (Fsp3) is 0.480. The first-order chi connectivity index (χ1) is 14.3. The molecule has 0 aromatic heterocycles. The van der Waals surface area contributed by atoms with Crippen molar-refractivity contribution in [2.75, 3.05) is 19.6 Å². The monoisotopic (exact) mass is 482 g/mol. The van der Waals surface area contributed by atoms with Gasteiger partial charge in [-0.3, -0.25) is 4.79 Å². The van der Waals surface area contributed by atoms with Crippen LogP contribution in [-0.2, 0) is 6.42 Å². The predicted octanol–water partition coefficient (Wildman–Crippen LogP) is 6.43. The van der Waals surface area contributed by atoms with Crippen LogP contribution in [0.1, 0.15) is 48.2 Å². The molecular weight excluding hydrogens is 451 g/mol. The SMILES string of the molecule is Cc1ccc(C(=O)N[C@H](CN2CCC(Cc3ccc(Cl)c(Cl)c3)CC2)C(C)C)cc1.Cl. The van der Waals surface area contributed by atoms with Crippen LogP contribution in [0.4, 0.5) is 0 Å². The van der Waals surface area contributed by atoms with Gasteiger partial charge in [-0.2, -0.15) is 0 Å². The van der Waals surface area contributed by atoms with Crippen LogP contribution in [0, 0.1) is 18.8 Å². The van der Waals surface area contributed by atoms with Crippen molar-refractivity contribution >= 4 is 41.5 Å². The Hall–Kier alpha value is -1.26. The van der Waals surface area contributed by atoms with Crippen LogP contribution in [-0.4, -0.2) is 36.5 Å². The van der Waals surface area contributed by atoms with Crippen molar-refractivity contribution in [2.24, 2.45) is 11.8 Å². The number of nitrogens with zero attached hydrogens (tertiary/aromatic N) is 1. The van der Waals surface area contributed by atoms with Crippen LogP contribution in [0.15, 0.2) is 42.5 Å². The Morgan fingerprint density at radius 1 is 1.06 bits per heavy atom. The van der Waals surface area contributed by atoms with Crippen LogP contribution in [0.25, 0.3) is 0 Å². The highest BCUT2D eigenvalue weighted by Gasteiger charge is 2.24. The molecule has 0 spiro atoms. The minimum Gasteiger partial charge on any atom is -0.348 e. The fourth-order valence-electron chi connectivity index (χ4n) is 4.03. The molecule has 31 heavy (non-hydrogen) atoms. The zero-order valence-corrected chi connectivity index (χ0v) is 20.9. The quantitative estimate of drug-likeness (QED) is 0.492. The molecule has 3 rings (SSSR count). The summed E-state index contributed by atoms with van der Waals surface area (Å²) in [7, 11) is 0. The summed E-state index contributed by atoms with van der Waals surface area (Å²) in [5, 5.41) is 4.50. The molecule has 1 heterocycles. The molecule has 1 amide bonds. The Bertz CT molecular complexity index is 846.